The van der Waals surface area contributed by atoms with E-state index in [1.165, 1.54) is 16.7 Å². The second kappa shape index (κ2) is 7.93. The minimum atomic E-state index is 0.506. The van der Waals surface area contributed by atoms with E-state index in [-0.39, 0.29) is 0 Å². The average molecular weight is 455 g/mol. The maximum absolute atomic E-state index is 6.36. The third kappa shape index (κ3) is 3.39. The van der Waals surface area contributed by atoms with E-state index in [0.717, 1.165) is 55.0 Å². The van der Waals surface area contributed by atoms with Crippen molar-refractivity contribution in [3.05, 3.63) is 77.3 Å². The first-order valence-corrected chi connectivity index (χ1v) is 12.1. The number of thiazole rings is 1. The maximum Gasteiger partial charge on any atom is 0.234 e. The van der Waals surface area contributed by atoms with Crippen LogP contribution in [0.1, 0.15) is 18.4 Å². The van der Waals surface area contributed by atoms with Crippen LogP contribution >= 0.6 is 22.7 Å². The third-order valence-electron chi connectivity index (χ3n) is 5.30. The molecule has 0 fully saturated rings. The summed E-state index contributed by atoms with van der Waals surface area (Å²) in [6.45, 7) is 2.13. The minimum Gasteiger partial charge on any atom is -0.438 e. The van der Waals surface area contributed by atoms with Gasteiger partial charge in [-0.3, -0.25) is 0 Å². The van der Waals surface area contributed by atoms with E-state index in [0.29, 0.717) is 10.7 Å². The van der Waals surface area contributed by atoms with Gasteiger partial charge in [0, 0.05) is 11.8 Å². The van der Waals surface area contributed by atoms with Gasteiger partial charge in [0.15, 0.2) is 0 Å². The number of aryl methyl sites for hydroxylation is 1. The Bertz CT molecular complexity index is 1630. The zero-order chi connectivity index (χ0) is 21.5. The van der Waals surface area contributed by atoms with Gasteiger partial charge in [-0.05, 0) is 41.5 Å². The van der Waals surface area contributed by atoms with Crippen LogP contribution in [0.3, 0.4) is 0 Å². The fraction of sp³-hybridized carbons (Fsp3) is 0.120. The number of nitrogens with zero attached hydrogens (tertiary/aromatic N) is 4. The van der Waals surface area contributed by atoms with Gasteiger partial charge in [0.05, 0.1) is 15.8 Å². The molecule has 0 amide bonds. The van der Waals surface area contributed by atoms with Crippen LogP contribution in [0, 0.1) is 0 Å². The molecule has 32 heavy (non-hydrogen) atoms. The van der Waals surface area contributed by atoms with E-state index in [2.05, 4.69) is 47.5 Å². The highest BCUT2D eigenvalue weighted by molar-refractivity contribution is 7.21. The Morgan fingerprint density at radius 1 is 0.906 bits per heavy atom. The molecule has 0 atom stereocenters. The molecule has 0 saturated heterocycles. The summed E-state index contributed by atoms with van der Waals surface area (Å²) in [6.07, 6.45) is 1.93. The van der Waals surface area contributed by atoms with Gasteiger partial charge in [-0.25, -0.2) is 4.98 Å². The quantitative estimate of drug-likeness (QED) is 0.272. The zero-order valence-corrected chi connectivity index (χ0v) is 18.9. The lowest BCUT2D eigenvalue weighted by Crippen LogP contribution is -2.05. The van der Waals surface area contributed by atoms with Gasteiger partial charge in [-0.2, -0.15) is 4.99 Å². The van der Waals surface area contributed by atoms with Crippen LogP contribution in [0.5, 0.6) is 0 Å². The van der Waals surface area contributed by atoms with Crippen LogP contribution in [0.15, 0.2) is 76.1 Å². The first-order chi connectivity index (χ1) is 15.8. The normalized spacial score (nSPS) is 12.3. The zero-order valence-electron chi connectivity index (χ0n) is 17.3. The van der Waals surface area contributed by atoms with Crippen LogP contribution in [-0.2, 0) is 6.42 Å². The van der Waals surface area contributed by atoms with Crippen molar-refractivity contribution in [1.29, 1.82) is 0 Å². The summed E-state index contributed by atoms with van der Waals surface area (Å²) in [6, 6.07) is 22.7. The Labute approximate surface area is 191 Å². The third-order valence-corrected chi connectivity index (χ3v) is 7.24. The van der Waals surface area contributed by atoms with E-state index in [1.54, 1.807) is 11.3 Å². The second-order valence-electron chi connectivity index (χ2n) is 7.49. The van der Waals surface area contributed by atoms with Crippen molar-refractivity contribution in [2.24, 2.45) is 4.99 Å². The Kier molecular flexibility index (Phi) is 4.78. The molecule has 0 unspecified atom stereocenters. The molecule has 0 aliphatic heterocycles. The Hall–Kier alpha value is -3.42. The van der Waals surface area contributed by atoms with Gasteiger partial charge < -0.3 is 4.42 Å². The summed E-state index contributed by atoms with van der Waals surface area (Å²) in [7, 11) is 0. The molecule has 7 heteroatoms. The predicted octanol–water partition coefficient (Wildman–Crippen LogP) is 6.90. The number of benzene rings is 3. The monoisotopic (exact) mass is 454 g/mol. The number of fused-ring (bicyclic) bond motifs is 4. The minimum absolute atomic E-state index is 0.506. The number of para-hydroxylation sites is 1. The first-order valence-electron chi connectivity index (χ1n) is 10.5. The Morgan fingerprint density at radius 2 is 1.78 bits per heavy atom. The lowest BCUT2D eigenvalue weighted by atomic mass is 10.0. The second-order valence-corrected chi connectivity index (χ2v) is 9.56. The molecule has 0 saturated carbocycles. The number of hydrogen-bond acceptors (Lipinski definition) is 7. The van der Waals surface area contributed by atoms with Crippen molar-refractivity contribution in [1.82, 2.24) is 15.2 Å². The Morgan fingerprint density at radius 3 is 2.69 bits per heavy atom. The molecule has 5 nitrogen and oxygen atoms in total. The highest BCUT2D eigenvalue weighted by Gasteiger charge is 2.14. The summed E-state index contributed by atoms with van der Waals surface area (Å²) >= 11 is 3.14. The molecule has 156 valence electrons. The SMILES string of the molecule is CCCc1nnc(/N=c2\oc3ccc4ccccc4c3cc2-c2nc3ccccc3s2)s1. The van der Waals surface area contributed by atoms with Crippen molar-refractivity contribution < 1.29 is 4.42 Å². The van der Waals surface area contributed by atoms with Crippen molar-refractivity contribution in [2.75, 3.05) is 0 Å². The summed E-state index contributed by atoms with van der Waals surface area (Å²) in [5, 5.41) is 14.3. The predicted molar refractivity (Wildman–Crippen MR) is 131 cm³/mol. The standard InChI is InChI=1S/C25H18N4OS2/c1-2-7-22-28-29-25(32-22)27-23-18(24-26-19-10-5-6-11-21(19)31-24)14-17-16-9-4-3-8-15(16)12-13-20(17)30-23/h3-6,8-14H,2,7H2,1H3/b27-23-. The van der Waals surface area contributed by atoms with Gasteiger partial charge in [-0.15, -0.1) is 21.5 Å². The highest BCUT2D eigenvalue weighted by Crippen LogP contribution is 2.32. The molecule has 0 radical (unpaired) electrons. The summed E-state index contributed by atoms with van der Waals surface area (Å²) in [4.78, 5) is 9.64. The molecule has 6 rings (SSSR count). The van der Waals surface area contributed by atoms with E-state index >= 15 is 0 Å². The maximum atomic E-state index is 6.36. The van der Waals surface area contributed by atoms with Crippen molar-refractivity contribution in [2.45, 2.75) is 19.8 Å². The van der Waals surface area contributed by atoms with Gasteiger partial charge in [-0.1, -0.05) is 60.7 Å². The molecular formula is C25H18N4OS2. The smallest absolute Gasteiger partial charge is 0.234 e. The molecule has 6 aromatic rings. The molecule has 3 heterocycles. The van der Waals surface area contributed by atoms with E-state index in [9.17, 15) is 0 Å². The number of rotatable bonds is 4. The van der Waals surface area contributed by atoms with Crippen LogP contribution in [0.2, 0.25) is 0 Å². The number of hydrogen-bond donors (Lipinski definition) is 0. The molecule has 0 aliphatic rings. The van der Waals surface area contributed by atoms with Gasteiger partial charge in [0.2, 0.25) is 10.7 Å². The summed E-state index contributed by atoms with van der Waals surface area (Å²) < 4.78 is 7.50. The summed E-state index contributed by atoms with van der Waals surface area (Å²) in [5.41, 5.74) is 3.12. The molecule has 0 bridgehead atoms. The fourth-order valence-corrected chi connectivity index (χ4v) is 5.58. The van der Waals surface area contributed by atoms with E-state index < -0.39 is 0 Å². The highest BCUT2D eigenvalue weighted by atomic mass is 32.1. The molecule has 0 spiro atoms. The molecular weight excluding hydrogens is 436 g/mol. The fourth-order valence-electron chi connectivity index (χ4n) is 3.79. The molecule has 0 N–H and O–H groups in total. The Balaban J connectivity index is 1.64. The molecule has 0 aliphatic carbocycles. The number of aromatic nitrogens is 3. The van der Waals surface area contributed by atoms with Crippen LogP contribution in [-0.4, -0.2) is 15.2 Å². The lowest BCUT2D eigenvalue weighted by Gasteiger charge is -2.05. The van der Waals surface area contributed by atoms with Crippen LogP contribution in [0.25, 0.3) is 42.5 Å². The van der Waals surface area contributed by atoms with Crippen molar-refractivity contribution in [3.63, 3.8) is 0 Å². The summed E-state index contributed by atoms with van der Waals surface area (Å²) in [5.74, 6) is 0. The van der Waals surface area contributed by atoms with Gasteiger partial charge in [0.25, 0.3) is 0 Å². The van der Waals surface area contributed by atoms with Crippen LogP contribution in [0.4, 0.5) is 5.13 Å². The topological polar surface area (TPSA) is 64.2 Å². The molecule has 3 aromatic carbocycles. The van der Waals surface area contributed by atoms with E-state index in [1.807, 2.05) is 36.4 Å². The van der Waals surface area contributed by atoms with Crippen molar-refractivity contribution in [3.8, 4) is 10.6 Å². The molecule has 3 aromatic heterocycles. The largest absolute Gasteiger partial charge is 0.438 e. The van der Waals surface area contributed by atoms with E-state index in [4.69, 9.17) is 14.4 Å². The van der Waals surface area contributed by atoms with Crippen molar-refractivity contribution >= 4 is 59.8 Å². The van der Waals surface area contributed by atoms with Gasteiger partial charge in [0.1, 0.15) is 15.6 Å². The lowest BCUT2D eigenvalue weighted by molar-refractivity contribution is 0.547. The first kappa shape index (κ1) is 19.3. The van der Waals surface area contributed by atoms with Gasteiger partial charge >= 0.3 is 0 Å². The average Bonchev–Trinajstić information content (AvgIpc) is 3.45. The van der Waals surface area contributed by atoms with Crippen LogP contribution < -0.4 is 5.55 Å².